The fraction of sp³-hybridized carbons (Fsp3) is 0.750. The maximum atomic E-state index is 11.3. The first-order valence-electron chi connectivity index (χ1n) is 9.01. The van der Waals surface area contributed by atoms with Gasteiger partial charge in [0.25, 0.3) is 0 Å². The average molecular weight is 318 g/mol. The lowest BCUT2D eigenvalue weighted by Crippen LogP contribution is -2.49. The van der Waals surface area contributed by atoms with E-state index in [1.807, 2.05) is 0 Å². The lowest BCUT2D eigenvalue weighted by molar-refractivity contribution is -0.151. The topological polar surface area (TPSA) is 46.5 Å². The Balaban J connectivity index is 1.78. The Kier molecular flexibility index (Phi) is 4.20. The summed E-state index contributed by atoms with van der Waals surface area (Å²) in [7, 11) is 0. The van der Waals surface area contributed by atoms with E-state index < -0.39 is 12.3 Å². The van der Waals surface area contributed by atoms with Crippen molar-refractivity contribution < 1.29 is 14.6 Å². The third-order valence-electron chi connectivity index (χ3n) is 6.89. The normalized spacial score (nSPS) is 39.7. The molecule has 1 heterocycles. The summed E-state index contributed by atoms with van der Waals surface area (Å²) < 4.78 is 4.81. The molecule has 0 spiro atoms. The maximum absolute atomic E-state index is 11.3. The molecular weight excluding hydrogens is 288 g/mol. The first-order valence-corrected chi connectivity index (χ1v) is 9.01. The van der Waals surface area contributed by atoms with Crippen LogP contribution in [0.4, 0.5) is 0 Å². The number of carbonyl (C=O) groups is 1. The van der Waals surface area contributed by atoms with Crippen LogP contribution in [0, 0.1) is 22.7 Å². The molecule has 3 heteroatoms. The summed E-state index contributed by atoms with van der Waals surface area (Å²) in [4.78, 5) is 11.3. The number of carbonyl (C=O) groups excluding carboxylic acids is 1. The number of hydrogen-bond acceptors (Lipinski definition) is 3. The van der Waals surface area contributed by atoms with Gasteiger partial charge in [-0.2, -0.15) is 0 Å². The lowest BCUT2D eigenvalue weighted by Gasteiger charge is -2.58. The van der Waals surface area contributed by atoms with Gasteiger partial charge in [0.05, 0.1) is 0 Å². The van der Waals surface area contributed by atoms with Crippen molar-refractivity contribution in [1.82, 2.24) is 0 Å². The summed E-state index contributed by atoms with van der Waals surface area (Å²) in [6.45, 7) is 11.7. The smallest absolute Gasteiger partial charge is 0.333 e. The van der Waals surface area contributed by atoms with Crippen LogP contribution in [0.5, 0.6) is 0 Å². The van der Waals surface area contributed by atoms with Gasteiger partial charge in [-0.25, -0.2) is 4.79 Å². The largest absolute Gasteiger partial charge is 0.429 e. The number of cyclic esters (lactones) is 1. The molecule has 4 atom stereocenters. The molecule has 0 amide bonds. The van der Waals surface area contributed by atoms with Crippen LogP contribution < -0.4 is 0 Å². The molecule has 0 aromatic rings. The highest BCUT2D eigenvalue weighted by Crippen LogP contribution is 2.61. The molecule has 128 valence electrons. The predicted octanol–water partition coefficient (Wildman–Crippen LogP) is 4.37. The minimum atomic E-state index is -1.04. The predicted molar refractivity (Wildman–Crippen MR) is 90.5 cm³/mol. The molecule has 2 saturated carbocycles. The zero-order chi connectivity index (χ0) is 16.8. The molecule has 3 nitrogen and oxygen atoms in total. The monoisotopic (exact) mass is 318 g/mol. The average Bonchev–Trinajstić information content (AvgIpc) is 2.75. The van der Waals surface area contributed by atoms with E-state index in [4.69, 9.17) is 4.74 Å². The van der Waals surface area contributed by atoms with Crippen molar-refractivity contribution in [3.8, 4) is 0 Å². The molecule has 0 radical (unpaired) electrons. The highest BCUT2D eigenvalue weighted by molar-refractivity contribution is 5.85. The minimum Gasteiger partial charge on any atom is -0.429 e. The van der Waals surface area contributed by atoms with E-state index >= 15 is 0 Å². The molecule has 2 fully saturated rings. The Morgan fingerprint density at radius 1 is 1.35 bits per heavy atom. The van der Waals surface area contributed by atoms with Crippen molar-refractivity contribution in [2.24, 2.45) is 22.7 Å². The molecule has 0 saturated heterocycles. The first-order chi connectivity index (χ1) is 10.7. The van der Waals surface area contributed by atoms with Gasteiger partial charge in [-0.05, 0) is 61.2 Å². The summed E-state index contributed by atoms with van der Waals surface area (Å²) in [6, 6.07) is 0. The second-order valence-corrected chi connectivity index (χ2v) is 8.70. The number of ether oxygens (including phenoxy) is 1. The van der Waals surface area contributed by atoms with Gasteiger partial charge in [-0.15, -0.1) is 0 Å². The van der Waals surface area contributed by atoms with Gasteiger partial charge in [0.15, 0.2) is 0 Å². The van der Waals surface area contributed by atoms with Crippen molar-refractivity contribution >= 4 is 5.97 Å². The van der Waals surface area contributed by atoms with Crippen LogP contribution in [-0.4, -0.2) is 17.4 Å². The Hall–Kier alpha value is -1.09. The number of aliphatic hydroxyl groups excluding tert-OH is 1. The highest BCUT2D eigenvalue weighted by atomic mass is 16.6. The van der Waals surface area contributed by atoms with E-state index in [0.29, 0.717) is 16.7 Å². The van der Waals surface area contributed by atoms with Crippen molar-refractivity contribution in [2.45, 2.75) is 72.0 Å². The third kappa shape index (κ3) is 2.88. The summed E-state index contributed by atoms with van der Waals surface area (Å²) in [5, 5.41) is 9.80. The van der Waals surface area contributed by atoms with Crippen LogP contribution in [0.25, 0.3) is 0 Å². The fourth-order valence-corrected chi connectivity index (χ4v) is 5.76. The van der Waals surface area contributed by atoms with Crippen LogP contribution in [-0.2, 0) is 9.53 Å². The first kappa shape index (κ1) is 16.8. The summed E-state index contributed by atoms with van der Waals surface area (Å²) in [5.41, 5.74) is 2.79. The molecule has 3 rings (SSSR count). The van der Waals surface area contributed by atoms with Crippen molar-refractivity contribution in [3.63, 3.8) is 0 Å². The molecule has 2 aliphatic carbocycles. The Morgan fingerprint density at radius 2 is 2.09 bits per heavy atom. The Morgan fingerprint density at radius 3 is 2.74 bits per heavy atom. The molecule has 1 N–H and O–H groups in total. The molecule has 23 heavy (non-hydrogen) atoms. The second-order valence-electron chi connectivity index (χ2n) is 8.70. The summed E-state index contributed by atoms with van der Waals surface area (Å²) in [5.74, 6) is 0.794. The van der Waals surface area contributed by atoms with E-state index in [1.54, 1.807) is 0 Å². The van der Waals surface area contributed by atoms with E-state index in [0.717, 1.165) is 30.8 Å². The van der Waals surface area contributed by atoms with Crippen LogP contribution in [0.15, 0.2) is 23.8 Å². The molecule has 1 aliphatic heterocycles. The SMILES string of the molecule is C=C1CC[C@H]2C(C)(C)CCC[C@]2(C)[C@H]1CCC1=CC(=O)OC1O. The quantitative estimate of drug-likeness (QED) is 0.621. The lowest BCUT2D eigenvalue weighted by atomic mass is 9.47. The molecule has 1 unspecified atom stereocenters. The second kappa shape index (κ2) is 5.77. The highest BCUT2D eigenvalue weighted by Gasteiger charge is 2.52. The van der Waals surface area contributed by atoms with Gasteiger partial charge in [0, 0.05) is 11.6 Å². The zero-order valence-corrected chi connectivity index (χ0v) is 14.7. The van der Waals surface area contributed by atoms with Crippen LogP contribution in [0.2, 0.25) is 0 Å². The van der Waals surface area contributed by atoms with Crippen LogP contribution in [0.3, 0.4) is 0 Å². The molecule has 0 aromatic heterocycles. The van der Waals surface area contributed by atoms with Crippen molar-refractivity contribution in [2.75, 3.05) is 0 Å². The van der Waals surface area contributed by atoms with Crippen molar-refractivity contribution in [3.05, 3.63) is 23.8 Å². The number of hydrogen-bond donors (Lipinski definition) is 1. The number of fused-ring (bicyclic) bond motifs is 1. The molecular formula is C20H30O3. The number of esters is 1. The van der Waals surface area contributed by atoms with E-state index in [1.165, 1.54) is 37.3 Å². The van der Waals surface area contributed by atoms with Gasteiger partial charge < -0.3 is 9.84 Å². The minimum absolute atomic E-state index is 0.298. The van der Waals surface area contributed by atoms with Gasteiger partial charge in [0.2, 0.25) is 6.29 Å². The molecule has 3 aliphatic rings. The van der Waals surface area contributed by atoms with Gasteiger partial charge in [0.1, 0.15) is 0 Å². The fourth-order valence-electron chi connectivity index (χ4n) is 5.76. The molecule has 0 bridgehead atoms. The standard InChI is InChI=1S/C20H30O3/c1-13-6-9-16-19(2,3)10-5-11-20(16,4)15(13)8-7-14-12-17(21)23-18(14)22/h12,15-16,18,22H,1,5-11H2,2-4H3/t15-,16-,18?,20+/m0/s1. The zero-order valence-electron chi connectivity index (χ0n) is 14.7. The Bertz CT molecular complexity index is 545. The maximum Gasteiger partial charge on any atom is 0.333 e. The Labute approximate surface area is 139 Å². The number of allylic oxidation sites excluding steroid dienone is 1. The molecule has 0 aromatic carbocycles. The van der Waals surface area contributed by atoms with Crippen molar-refractivity contribution in [1.29, 1.82) is 0 Å². The summed E-state index contributed by atoms with van der Waals surface area (Å²) >= 11 is 0. The van der Waals surface area contributed by atoms with Crippen LogP contribution in [0.1, 0.15) is 65.7 Å². The third-order valence-corrected chi connectivity index (χ3v) is 6.89. The van der Waals surface area contributed by atoms with Gasteiger partial charge in [-0.1, -0.05) is 39.3 Å². The number of rotatable bonds is 3. The number of aliphatic hydroxyl groups is 1. The van der Waals surface area contributed by atoms with Gasteiger partial charge in [-0.3, -0.25) is 0 Å². The van der Waals surface area contributed by atoms with E-state index in [-0.39, 0.29) is 0 Å². The van der Waals surface area contributed by atoms with Crippen LogP contribution >= 0.6 is 0 Å². The van der Waals surface area contributed by atoms with E-state index in [2.05, 4.69) is 27.4 Å². The van der Waals surface area contributed by atoms with E-state index in [9.17, 15) is 9.90 Å². The van der Waals surface area contributed by atoms with Gasteiger partial charge >= 0.3 is 5.97 Å². The summed E-state index contributed by atoms with van der Waals surface area (Å²) in [6.07, 6.45) is 8.35.